The molecule has 6 heteroatoms. The fraction of sp³-hybridized carbons (Fsp3) is 0.368. The Morgan fingerprint density at radius 3 is 2.68 bits per heavy atom. The lowest BCUT2D eigenvalue weighted by molar-refractivity contribution is -0.116. The maximum atomic E-state index is 12.4. The average Bonchev–Trinajstić information content (AvgIpc) is 3.30. The summed E-state index contributed by atoms with van der Waals surface area (Å²) in [5.74, 6) is 3.28. The van der Waals surface area contributed by atoms with Gasteiger partial charge in [-0.05, 0) is 26.0 Å². The molecule has 0 bridgehead atoms. The van der Waals surface area contributed by atoms with Gasteiger partial charge in [-0.2, -0.15) is 10.2 Å². The second-order valence-corrected chi connectivity index (χ2v) is 6.28. The molecule has 1 aliphatic heterocycles. The van der Waals surface area contributed by atoms with Crippen molar-refractivity contribution in [2.45, 2.75) is 45.2 Å². The molecule has 0 radical (unpaired) electrons. The van der Waals surface area contributed by atoms with Crippen LogP contribution < -0.4 is 5.32 Å². The molecule has 2 heterocycles. The smallest absolute Gasteiger partial charge is 0.224 e. The number of aryl methyl sites for hydroxylation is 2. The minimum absolute atomic E-state index is 0.0650. The summed E-state index contributed by atoms with van der Waals surface area (Å²) in [6.45, 7) is 3.93. The van der Waals surface area contributed by atoms with Gasteiger partial charge in [0.15, 0.2) is 5.66 Å². The number of carbonyl (C=O) groups excluding carboxylic acids is 1. The SMILES string of the molecule is C#CCCC1(CCC(=O)Nc2ccccc2-c2nc(C)c(C)[nH]2)N=N1. The third kappa shape index (κ3) is 3.94. The van der Waals surface area contributed by atoms with Crippen LogP contribution >= 0.6 is 0 Å². The summed E-state index contributed by atoms with van der Waals surface area (Å²) < 4.78 is 0. The molecular weight excluding hydrogens is 314 g/mol. The number of amides is 1. The highest BCUT2D eigenvalue weighted by atomic mass is 16.1. The van der Waals surface area contributed by atoms with Crippen molar-refractivity contribution in [2.75, 3.05) is 5.32 Å². The first-order valence-corrected chi connectivity index (χ1v) is 8.33. The second kappa shape index (κ2) is 6.89. The summed E-state index contributed by atoms with van der Waals surface area (Å²) in [7, 11) is 0. The molecule has 2 N–H and O–H groups in total. The predicted octanol–water partition coefficient (Wildman–Crippen LogP) is 3.99. The minimum atomic E-state index is -0.432. The van der Waals surface area contributed by atoms with Gasteiger partial charge in [0.1, 0.15) is 5.82 Å². The van der Waals surface area contributed by atoms with Crippen LogP contribution in [0.15, 0.2) is 34.5 Å². The summed E-state index contributed by atoms with van der Waals surface area (Å²) in [5.41, 5.74) is 3.14. The van der Waals surface area contributed by atoms with E-state index in [1.165, 1.54) is 0 Å². The van der Waals surface area contributed by atoms with Crippen LogP contribution in [0.1, 0.15) is 37.1 Å². The van der Waals surface area contributed by atoms with Gasteiger partial charge in [-0.25, -0.2) is 4.98 Å². The number of H-pyrrole nitrogens is 1. The lowest BCUT2D eigenvalue weighted by Crippen LogP contribution is -2.18. The van der Waals surface area contributed by atoms with Gasteiger partial charge in [-0.1, -0.05) is 12.1 Å². The first-order chi connectivity index (χ1) is 12.0. The number of benzene rings is 1. The van der Waals surface area contributed by atoms with Crippen molar-refractivity contribution in [2.24, 2.45) is 10.2 Å². The van der Waals surface area contributed by atoms with E-state index in [9.17, 15) is 4.79 Å². The number of para-hydroxylation sites is 1. The van der Waals surface area contributed by atoms with E-state index in [4.69, 9.17) is 6.42 Å². The molecule has 0 aliphatic carbocycles. The molecule has 0 saturated heterocycles. The van der Waals surface area contributed by atoms with Crippen LogP contribution in [-0.4, -0.2) is 21.5 Å². The molecule has 1 aromatic carbocycles. The number of rotatable bonds is 7. The van der Waals surface area contributed by atoms with Crippen molar-refractivity contribution in [1.29, 1.82) is 0 Å². The molecule has 128 valence electrons. The number of nitrogens with zero attached hydrogens (tertiary/aromatic N) is 3. The van der Waals surface area contributed by atoms with Crippen LogP contribution in [0, 0.1) is 26.2 Å². The summed E-state index contributed by atoms with van der Waals surface area (Å²) in [6.07, 6.45) is 7.54. The van der Waals surface area contributed by atoms with Crippen LogP contribution in [0.3, 0.4) is 0 Å². The van der Waals surface area contributed by atoms with Crippen molar-refractivity contribution in [3.05, 3.63) is 35.7 Å². The molecule has 3 rings (SSSR count). The van der Waals surface area contributed by atoms with E-state index in [0.717, 1.165) is 28.5 Å². The number of aromatic amines is 1. The highest BCUT2D eigenvalue weighted by molar-refractivity contribution is 5.94. The number of terminal acetylenes is 1. The maximum Gasteiger partial charge on any atom is 0.224 e. The van der Waals surface area contributed by atoms with Gasteiger partial charge in [0.05, 0.1) is 11.4 Å². The number of anilines is 1. The highest BCUT2D eigenvalue weighted by Gasteiger charge is 2.39. The van der Waals surface area contributed by atoms with Gasteiger partial charge in [-0.3, -0.25) is 4.79 Å². The van der Waals surface area contributed by atoms with Crippen LogP contribution in [0.4, 0.5) is 5.69 Å². The number of carbonyl (C=O) groups is 1. The van der Waals surface area contributed by atoms with Gasteiger partial charge in [-0.15, -0.1) is 12.3 Å². The number of hydrogen-bond acceptors (Lipinski definition) is 4. The van der Waals surface area contributed by atoms with E-state index in [0.29, 0.717) is 25.7 Å². The number of hydrogen-bond donors (Lipinski definition) is 2. The van der Waals surface area contributed by atoms with E-state index < -0.39 is 5.66 Å². The van der Waals surface area contributed by atoms with E-state index in [1.54, 1.807) is 0 Å². The van der Waals surface area contributed by atoms with Crippen LogP contribution in [0.25, 0.3) is 11.4 Å². The minimum Gasteiger partial charge on any atom is -0.342 e. The molecule has 2 aromatic rings. The van der Waals surface area contributed by atoms with Crippen molar-refractivity contribution < 1.29 is 4.79 Å². The van der Waals surface area contributed by atoms with Crippen molar-refractivity contribution in [3.8, 4) is 23.7 Å². The van der Waals surface area contributed by atoms with Crippen molar-refractivity contribution in [1.82, 2.24) is 9.97 Å². The number of nitrogens with one attached hydrogen (secondary N) is 2. The third-order valence-corrected chi connectivity index (χ3v) is 4.39. The Morgan fingerprint density at radius 2 is 2.04 bits per heavy atom. The molecule has 0 unspecified atom stereocenters. The van der Waals surface area contributed by atoms with Crippen molar-refractivity contribution >= 4 is 11.6 Å². The summed E-state index contributed by atoms with van der Waals surface area (Å²) in [4.78, 5) is 20.1. The quantitative estimate of drug-likeness (QED) is 0.750. The Kier molecular flexibility index (Phi) is 4.66. The summed E-state index contributed by atoms with van der Waals surface area (Å²) in [6, 6.07) is 7.63. The lowest BCUT2D eigenvalue weighted by Gasteiger charge is -2.11. The fourth-order valence-corrected chi connectivity index (χ4v) is 2.67. The molecule has 0 spiro atoms. The van der Waals surface area contributed by atoms with Gasteiger partial charge in [0, 0.05) is 36.9 Å². The molecule has 1 amide bonds. The lowest BCUT2D eigenvalue weighted by atomic mass is 10.0. The first kappa shape index (κ1) is 16.9. The molecule has 0 fully saturated rings. The monoisotopic (exact) mass is 335 g/mol. The standard InChI is InChI=1S/C19H21N5O/c1-4-5-11-19(23-24-19)12-10-17(25)22-16-9-7-6-8-15(16)18-20-13(2)14(3)21-18/h1,6-9H,5,10-12H2,2-3H3,(H,20,21)(H,22,25). The normalized spacial score (nSPS) is 14.1. The van der Waals surface area contributed by atoms with E-state index in [2.05, 4.69) is 31.4 Å². The van der Waals surface area contributed by atoms with Crippen LogP contribution in [-0.2, 0) is 4.79 Å². The van der Waals surface area contributed by atoms with Crippen molar-refractivity contribution in [3.63, 3.8) is 0 Å². The topological polar surface area (TPSA) is 82.5 Å². The van der Waals surface area contributed by atoms with Gasteiger partial charge >= 0.3 is 0 Å². The zero-order valence-electron chi connectivity index (χ0n) is 14.5. The van der Waals surface area contributed by atoms with E-state index in [-0.39, 0.29) is 5.91 Å². The molecule has 6 nitrogen and oxygen atoms in total. The Bertz CT molecular complexity index is 833. The molecule has 25 heavy (non-hydrogen) atoms. The Hall–Kier alpha value is -2.94. The Labute approximate surface area is 147 Å². The van der Waals surface area contributed by atoms with Crippen LogP contribution in [0.5, 0.6) is 0 Å². The highest BCUT2D eigenvalue weighted by Crippen LogP contribution is 2.37. The largest absolute Gasteiger partial charge is 0.342 e. The third-order valence-electron chi connectivity index (χ3n) is 4.39. The van der Waals surface area contributed by atoms with E-state index >= 15 is 0 Å². The predicted molar refractivity (Wildman–Crippen MR) is 97.0 cm³/mol. The fourth-order valence-electron chi connectivity index (χ4n) is 2.67. The van der Waals surface area contributed by atoms with Gasteiger partial charge in [0.2, 0.25) is 5.91 Å². The first-order valence-electron chi connectivity index (χ1n) is 8.33. The molecular formula is C19H21N5O. The zero-order chi connectivity index (χ0) is 17.9. The molecule has 1 aromatic heterocycles. The zero-order valence-corrected chi connectivity index (χ0v) is 14.5. The summed E-state index contributed by atoms with van der Waals surface area (Å²) >= 11 is 0. The second-order valence-electron chi connectivity index (χ2n) is 6.28. The van der Waals surface area contributed by atoms with Gasteiger partial charge in [0.25, 0.3) is 0 Å². The molecule has 1 aliphatic rings. The average molecular weight is 335 g/mol. The molecule has 0 saturated carbocycles. The Balaban J connectivity index is 1.65. The molecule has 0 atom stereocenters. The van der Waals surface area contributed by atoms with Crippen LogP contribution in [0.2, 0.25) is 0 Å². The summed E-state index contributed by atoms with van der Waals surface area (Å²) in [5, 5.41) is 11.1. The maximum absolute atomic E-state index is 12.4. The Morgan fingerprint density at radius 1 is 1.28 bits per heavy atom. The van der Waals surface area contributed by atoms with E-state index in [1.807, 2.05) is 38.1 Å². The van der Waals surface area contributed by atoms with Gasteiger partial charge < -0.3 is 10.3 Å². The number of imidazole rings is 1. The number of aromatic nitrogens is 2.